The molecule has 1 saturated heterocycles. The van der Waals surface area contributed by atoms with E-state index in [-0.39, 0.29) is 0 Å². The van der Waals surface area contributed by atoms with E-state index in [1.54, 1.807) is 0 Å². The first-order valence-electron chi connectivity index (χ1n) is 6.86. The lowest BCUT2D eigenvalue weighted by Gasteiger charge is -2.26. The molecule has 1 fully saturated rings. The summed E-state index contributed by atoms with van der Waals surface area (Å²) in [6.07, 6.45) is 2.60. The van der Waals surface area contributed by atoms with E-state index in [2.05, 4.69) is 48.3 Å². The Kier molecular flexibility index (Phi) is 5.39. The van der Waals surface area contributed by atoms with E-state index in [1.807, 2.05) is 6.92 Å². The Morgan fingerprint density at radius 2 is 1.94 bits per heavy atom. The Balaban J connectivity index is 1.89. The van der Waals surface area contributed by atoms with Gasteiger partial charge in [0.15, 0.2) is 0 Å². The minimum absolute atomic E-state index is 0.425. The van der Waals surface area contributed by atoms with Crippen molar-refractivity contribution in [3.63, 3.8) is 0 Å². The molecule has 0 aliphatic carbocycles. The van der Waals surface area contributed by atoms with Crippen molar-refractivity contribution in [1.29, 1.82) is 0 Å². The standard InChI is InChI=1S/C15H23NOS/c1-3-17-15-6-4-13(5-7-15)12(2)16-14-8-10-18-11-9-14/h4-7,12,14,16H,3,8-11H2,1-2H3. The molecule has 1 aromatic rings. The van der Waals surface area contributed by atoms with Crippen molar-refractivity contribution in [2.75, 3.05) is 18.1 Å². The highest BCUT2D eigenvalue weighted by molar-refractivity contribution is 7.99. The van der Waals surface area contributed by atoms with Crippen LogP contribution in [0.2, 0.25) is 0 Å². The monoisotopic (exact) mass is 265 g/mol. The molecule has 0 radical (unpaired) electrons. The SMILES string of the molecule is CCOc1ccc(C(C)NC2CCSCC2)cc1. The van der Waals surface area contributed by atoms with Crippen LogP contribution in [0.5, 0.6) is 5.75 Å². The summed E-state index contributed by atoms with van der Waals surface area (Å²) in [7, 11) is 0. The molecular weight excluding hydrogens is 242 g/mol. The van der Waals surface area contributed by atoms with Crippen molar-refractivity contribution in [3.8, 4) is 5.75 Å². The highest BCUT2D eigenvalue weighted by Gasteiger charge is 2.16. The van der Waals surface area contributed by atoms with Crippen molar-refractivity contribution in [2.45, 2.75) is 38.8 Å². The summed E-state index contributed by atoms with van der Waals surface area (Å²) in [5.41, 5.74) is 1.34. The van der Waals surface area contributed by atoms with Crippen LogP contribution in [0.25, 0.3) is 0 Å². The van der Waals surface area contributed by atoms with Crippen LogP contribution < -0.4 is 10.1 Å². The molecule has 100 valence electrons. The predicted molar refractivity (Wildman–Crippen MR) is 79.5 cm³/mol. The lowest BCUT2D eigenvalue weighted by Crippen LogP contribution is -2.34. The van der Waals surface area contributed by atoms with Crippen LogP contribution >= 0.6 is 11.8 Å². The van der Waals surface area contributed by atoms with Gasteiger partial charge in [0.1, 0.15) is 5.75 Å². The lowest BCUT2D eigenvalue weighted by atomic mass is 10.1. The van der Waals surface area contributed by atoms with Crippen molar-refractivity contribution < 1.29 is 4.74 Å². The minimum atomic E-state index is 0.425. The minimum Gasteiger partial charge on any atom is -0.494 e. The van der Waals surface area contributed by atoms with Crippen LogP contribution in [0.15, 0.2) is 24.3 Å². The first-order chi connectivity index (χ1) is 8.79. The molecule has 0 spiro atoms. The quantitative estimate of drug-likeness (QED) is 0.878. The maximum atomic E-state index is 5.47. The molecule has 0 aromatic heterocycles. The van der Waals surface area contributed by atoms with E-state index in [0.29, 0.717) is 12.1 Å². The number of benzene rings is 1. The Labute approximate surface area is 114 Å². The molecular formula is C15H23NOS. The Morgan fingerprint density at radius 1 is 1.28 bits per heavy atom. The fourth-order valence-electron chi connectivity index (χ4n) is 2.33. The molecule has 0 saturated carbocycles. The molecule has 1 aromatic carbocycles. The van der Waals surface area contributed by atoms with Gasteiger partial charge in [0.05, 0.1) is 6.61 Å². The lowest BCUT2D eigenvalue weighted by molar-refractivity contribution is 0.340. The number of ether oxygens (including phenoxy) is 1. The number of hydrogen-bond acceptors (Lipinski definition) is 3. The summed E-state index contributed by atoms with van der Waals surface area (Å²) < 4.78 is 5.47. The highest BCUT2D eigenvalue weighted by atomic mass is 32.2. The third-order valence-electron chi connectivity index (χ3n) is 3.40. The molecule has 1 aliphatic heterocycles. The highest BCUT2D eigenvalue weighted by Crippen LogP contribution is 2.22. The molecule has 2 nitrogen and oxygen atoms in total. The molecule has 3 heteroatoms. The summed E-state index contributed by atoms with van der Waals surface area (Å²) in [5, 5.41) is 3.73. The molecule has 1 unspecified atom stereocenters. The van der Waals surface area contributed by atoms with Gasteiger partial charge in [-0.25, -0.2) is 0 Å². The van der Waals surface area contributed by atoms with Gasteiger partial charge in [-0.1, -0.05) is 12.1 Å². The van der Waals surface area contributed by atoms with E-state index in [9.17, 15) is 0 Å². The number of thioether (sulfide) groups is 1. The van der Waals surface area contributed by atoms with Gasteiger partial charge in [-0.2, -0.15) is 11.8 Å². The summed E-state index contributed by atoms with van der Waals surface area (Å²) in [5.74, 6) is 3.56. The fourth-order valence-corrected chi connectivity index (χ4v) is 3.44. The van der Waals surface area contributed by atoms with Crippen LogP contribution in [-0.4, -0.2) is 24.2 Å². The second kappa shape index (κ2) is 7.05. The Hall–Kier alpha value is -0.670. The van der Waals surface area contributed by atoms with E-state index in [1.165, 1.54) is 29.9 Å². The van der Waals surface area contributed by atoms with Gasteiger partial charge in [0.2, 0.25) is 0 Å². The average Bonchev–Trinajstić information content (AvgIpc) is 2.41. The topological polar surface area (TPSA) is 21.3 Å². The molecule has 18 heavy (non-hydrogen) atoms. The number of hydrogen-bond donors (Lipinski definition) is 1. The molecule has 1 aliphatic rings. The van der Waals surface area contributed by atoms with Gasteiger partial charge in [0.25, 0.3) is 0 Å². The van der Waals surface area contributed by atoms with Crippen LogP contribution in [0.3, 0.4) is 0 Å². The van der Waals surface area contributed by atoms with Crippen LogP contribution in [0, 0.1) is 0 Å². The maximum Gasteiger partial charge on any atom is 0.119 e. The van der Waals surface area contributed by atoms with Gasteiger partial charge < -0.3 is 10.1 Å². The Morgan fingerprint density at radius 3 is 2.56 bits per heavy atom. The summed E-state index contributed by atoms with van der Waals surface area (Å²) in [6.45, 7) is 4.99. The largest absolute Gasteiger partial charge is 0.494 e. The third kappa shape index (κ3) is 3.92. The van der Waals surface area contributed by atoms with Gasteiger partial charge in [-0.15, -0.1) is 0 Å². The van der Waals surface area contributed by atoms with Crippen molar-refractivity contribution in [2.24, 2.45) is 0 Å². The van der Waals surface area contributed by atoms with E-state index in [0.717, 1.165) is 12.4 Å². The zero-order valence-corrected chi connectivity index (χ0v) is 12.1. The number of rotatable bonds is 5. The van der Waals surface area contributed by atoms with Crippen molar-refractivity contribution in [3.05, 3.63) is 29.8 Å². The van der Waals surface area contributed by atoms with Gasteiger partial charge in [-0.05, 0) is 55.9 Å². The van der Waals surface area contributed by atoms with Gasteiger partial charge >= 0.3 is 0 Å². The predicted octanol–water partition coefficient (Wildman–Crippen LogP) is 3.63. The van der Waals surface area contributed by atoms with Crippen molar-refractivity contribution >= 4 is 11.8 Å². The first kappa shape index (κ1) is 13.8. The van der Waals surface area contributed by atoms with E-state index >= 15 is 0 Å². The zero-order chi connectivity index (χ0) is 12.8. The molecule has 1 N–H and O–H groups in total. The van der Waals surface area contributed by atoms with E-state index < -0.39 is 0 Å². The summed E-state index contributed by atoms with van der Waals surface area (Å²) in [6, 6.07) is 9.57. The molecule has 0 amide bonds. The van der Waals surface area contributed by atoms with Gasteiger partial charge in [-0.3, -0.25) is 0 Å². The molecule has 2 rings (SSSR count). The second-order valence-electron chi connectivity index (χ2n) is 4.78. The van der Waals surface area contributed by atoms with Crippen LogP contribution in [0.4, 0.5) is 0 Å². The Bertz CT molecular complexity index is 346. The first-order valence-corrected chi connectivity index (χ1v) is 8.01. The zero-order valence-electron chi connectivity index (χ0n) is 11.3. The van der Waals surface area contributed by atoms with Crippen LogP contribution in [-0.2, 0) is 0 Å². The van der Waals surface area contributed by atoms with Crippen molar-refractivity contribution in [1.82, 2.24) is 5.32 Å². The molecule has 1 heterocycles. The molecule has 1 atom stereocenters. The maximum absolute atomic E-state index is 5.47. The normalized spacial score (nSPS) is 18.6. The fraction of sp³-hybridized carbons (Fsp3) is 0.600. The third-order valence-corrected chi connectivity index (χ3v) is 4.45. The second-order valence-corrected chi connectivity index (χ2v) is 6.00. The number of nitrogens with one attached hydrogen (secondary N) is 1. The van der Waals surface area contributed by atoms with Gasteiger partial charge in [0, 0.05) is 12.1 Å². The average molecular weight is 265 g/mol. The van der Waals surface area contributed by atoms with Crippen LogP contribution in [0.1, 0.15) is 38.3 Å². The smallest absolute Gasteiger partial charge is 0.119 e. The summed E-state index contributed by atoms with van der Waals surface area (Å²) >= 11 is 2.07. The van der Waals surface area contributed by atoms with E-state index in [4.69, 9.17) is 4.74 Å². The summed E-state index contributed by atoms with van der Waals surface area (Å²) in [4.78, 5) is 0. The molecule has 0 bridgehead atoms.